The molecule has 6 nitrogen and oxygen atoms in total. The van der Waals surface area contributed by atoms with Crippen LogP contribution < -0.4 is 0 Å². The van der Waals surface area contributed by atoms with Crippen LogP contribution in [-0.2, 0) is 28.1 Å². The van der Waals surface area contributed by atoms with Crippen molar-refractivity contribution in [2.45, 2.75) is 38.1 Å². The average Bonchev–Trinajstić information content (AvgIpc) is 2.58. The number of hydrogen-bond donors (Lipinski definition) is 0. The van der Waals surface area contributed by atoms with Gasteiger partial charge in [-0.15, -0.1) is 10.2 Å². The number of rotatable bonds is 6. The van der Waals surface area contributed by atoms with Crippen molar-refractivity contribution in [3.8, 4) is 0 Å². The Bertz CT molecular complexity index is 443. The molecule has 0 bridgehead atoms. The predicted octanol–water partition coefficient (Wildman–Crippen LogP) is 0.883. The number of hydrogen-bond acceptors (Lipinski definition) is 5. The lowest BCUT2D eigenvalue weighted by Crippen LogP contribution is -2.10. The zero-order chi connectivity index (χ0) is 12.2. The smallest absolute Gasteiger partial charge is 0.368 e. The number of methoxy groups -OCH3 is 1. The molecule has 0 saturated heterocycles. The highest BCUT2D eigenvalue weighted by Crippen LogP contribution is 2.13. The van der Waals surface area contributed by atoms with Crippen LogP contribution >= 0.6 is 0 Å². The fourth-order valence-electron chi connectivity index (χ4n) is 1.28. The number of aromatic nitrogens is 3. The first kappa shape index (κ1) is 13.0. The van der Waals surface area contributed by atoms with Gasteiger partial charge in [0, 0.05) is 13.7 Å². The molecule has 0 aliphatic rings. The van der Waals surface area contributed by atoms with E-state index in [1.54, 1.807) is 0 Å². The van der Waals surface area contributed by atoms with E-state index in [1.807, 2.05) is 6.92 Å². The Hall–Kier alpha value is -1.02. The molecular weight excluding hydrogens is 237 g/mol. The van der Waals surface area contributed by atoms with Gasteiger partial charge in [0.15, 0.2) is 5.82 Å². The standard InChI is InChI=1S/C8H14FN3O3S/c1-3-4-5-12-7(6-15-2)10-11-8(12)16(9,13)14/h3-6H2,1-2H3. The first-order chi connectivity index (χ1) is 7.50. The van der Waals surface area contributed by atoms with Gasteiger partial charge in [0.2, 0.25) is 0 Å². The SMILES string of the molecule is CCCCn1c(COC)nnc1S(=O)(=O)F. The van der Waals surface area contributed by atoms with E-state index >= 15 is 0 Å². The van der Waals surface area contributed by atoms with E-state index in [4.69, 9.17) is 4.74 Å². The molecule has 0 aliphatic heterocycles. The summed E-state index contributed by atoms with van der Waals surface area (Å²) >= 11 is 0. The summed E-state index contributed by atoms with van der Waals surface area (Å²) in [5, 5.41) is 6.28. The molecule has 0 atom stereocenters. The molecule has 92 valence electrons. The van der Waals surface area contributed by atoms with Gasteiger partial charge in [-0.2, -0.15) is 8.42 Å². The largest absolute Gasteiger partial charge is 0.377 e. The average molecular weight is 251 g/mol. The summed E-state index contributed by atoms with van der Waals surface area (Å²) < 4.78 is 40.6. The predicted molar refractivity (Wildman–Crippen MR) is 53.9 cm³/mol. The summed E-state index contributed by atoms with van der Waals surface area (Å²) in [5.41, 5.74) is 0. The number of unbranched alkanes of at least 4 members (excludes halogenated alkanes) is 1. The van der Waals surface area contributed by atoms with Crippen LogP contribution in [0.15, 0.2) is 5.16 Å². The number of ether oxygens (including phenoxy) is 1. The lowest BCUT2D eigenvalue weighted by atomic mass is 10.3. The van der Waals surface area contributed by atoms with Crippen molar-refractivity contribution >= 4 is 10.2 Å². The van der Waals surface area contributed by atoms with Gasteiger partial charge in [-0.05, 0) is 6.42 Å². The molecule has 1 aromatic rings. The van der Waals surface area contributed by atoms with Gasteiger partial charge >= 0.3 is 10.2 Å². The second-order valence-corrected chi connectivity index (χ2v) is 4.52. The second kappa shape index (κ2) is 5.35. The Balaban J connectivity index is 3.09. The van der Waals surface area contributed by atoms with Gasteiger partial charge in [0.1, 0.15) is 6.61 Å². The first-order valence-corrected chi connectivity index (χ1v) is 6.24. The molecule has 0 amide bonds. The number of halogens is 1. The molecule has 0 unspecified atom stereocenters. The normalized spacial score (nSPS) is 11.9. The van der Waals surface area contributed by atoms with Crippen molar-refractivity contribution in [1.82, 2.24) is 14.8 Å². The zero-order valence-corrected chi connectivity index (χ0v) is 10.00. The van der Waals surface area contributed by atoms with Crippen LogP contribution in [0, 0.1) is 0 Å². The summed E-state index contributed by atoms with van der Waals surface area (Å²) in [6, 6.07) is 0. The molecule has 16 heavy (non-hydrogen) atoms. The van der Waals surface area contributed by atoms with E-state index < -0.39 is 15.4 Å². The molecule has 0 N–H and O–H groups in total. The molecular formula is C8H14FN3O3S. The van der Waals surface area contributed by atoms with Crippen LogP contribution in [0.1, 0.15) is 25.6 Å². The van der Waals surface area contributed by atoms with Crippen molar-refractivity contribution < 1.29 is 17.0 Å². The molecule has 0 fully saturated rings. The molecule has 0 spiro atoms. The molecule has 0 aromatic carbocycles. The Morgan fingerprint density at radius 2 is 2.12 bits per heavy atom. The van der Waals surface area contributed by atoms with Gasteiger partial charge in [-0.3, -0.25) is 4.57 Å². The Labute approximate surface area is 93.6 Å². The summed E-state index contributed by atoms with van der Waals surface area (Å²) in [6.07, 6.45) is 1.58. The van der Waals surface area contributed by atoms with Crippen LogP contribution in [0.25, 0.3) is 0 Å². The first-order valence-electron chi connectivity index (χ1n) is 4.86. The van der Waals surface area contributed by atoms with Gasteiger partial charge in [-0.1, -0.05) is 17.2 Å². The van der Waals surface area contributed by atoms with E-state index in [1.165, 1.54) is 11.7 Å². The summed E-state index contributed by atoms with van der Waals surface area (Å²) in [4.78, 5) is 0. The quantitative estimate of drug-likeness (QED) is 0.702. The van der Waals surface area contributed by atoms with Gasteiger partial charge in [0.25, 0.3) is 5.16 Å². The molecule has 0 saturated carbocycles. The minimum atomic E-state index is -4.83. The lowest BCUT2D eigenvalue weighted by Gasteiger charge is -2.06. The Morgan fingerprint density at radius 3 is 2.62 bits per heavy atom. The van der Waals surface area contributed by atoms with E-state index in [-0.39, 0.29) is 6.61 Å². The van der Waals surface area contributed by atoms with Gasteiger partial charge < -0.3 is 4.74 Å². The van der Waals surface area contributed by atoms with E-state index in [2.05, 4.69) is 10.2 Å². The highest BCUT2D eigenvalue weighted by Gasteiger charge is 2.23. The summed E-state index contributed by atoms with van der Waals surface area (Å²) in [6.45, 7) is 2.41. The highest BCUT2D eigenvalue weighted by atomic mass is 32.3. The fraction of sp³-hybridized carbons (Fsp3) is 0.750. The number of nitrogens with zero attached hydrogens (tertiary/aromatic N) is 3. The van der Waals surface area contributed by atoms with E-state index in [0.717, 1.165) is 12.8 Å². The molecule has 0 aliphatic carbocycles. The van der Waals surface area contributed by atoms with Crippen molar-refractivity contribution in [2.75, 3.05) is 7.11 Å². The third-order valence-corrected chi connectivity index (χ3v) is 2.76. The summed E-state index contributed by atoms with van der Waals surface area (Å²) in [7, 11) is -3.38. The van der Waals surface area contributed by atoms with E-state index in [9.17, 15) is 12.3 Å². The van der Waals surface area contributed by atoms with Gasteiger partial charge in [0.05, 0.1) is 0 Å². The fourth-order valence-corrected chi connectivity index (χ4v) is 1.87. The monoisotopic (exact) mass is 251 g/mol. The Morgan fingerprint density at radius 1 is 1.44 bits per heavy atom. The minimum Gasteiger partial charge on any atom is -0.377 e. The topological polar surface area (TPSA) is 74.1 Å². The van der Waals surface area contributed by atoms with Crippen LogP contribution in [0.5, 0.6) is 0 Å². The summed E-state index contributed by atoms with van der Waals surface area (Å²) in [5.74, 6) is 0.312. The third kappa shape index (κ3) is 2.99. The molecule has 1 rings (SSSR count). The molecule has 1 heterocycles. The van der Waals surface area contributed by atoms with Crippen LogP contribution in [-0.4, -0.2) is 30.3 Å². The Kier molecular flexibility index (Phi) is 4.36. The maximum absolute atomic E-state index is 12.9. The van der Waals surface area contributed by atoms with Gasteiger partial charge in [-0.25, -0.2) is 0 Å². The highest BCUT2D eigenvalue weighted by molar-refractivity contribution is 7.86. The van der Waals surface area contributed by atoms with Crippen LogP contribution in [0.2, 0.25) is 0 Å². The van der Waals surface area contributed by atoms with Crippen LogP contribution in [0.4, 0.5) is 3.89 Å². The zero-order valence-electron chi connectivity index (χ0n) is 9.18. The maximum atomic E-state index is 12.9. The maximum Gasteiger partial charge on any atom is 0.368 e. The minimum absolute atomic E-state index is 0.103. The molecule has 1 aromatic heterocycles. The third-order valence-electron chi connectivity index (χ3n) is 2.02. The second-order valence-electron chi connectivity index (χ2n) is 3.27. The lowest BCUT2D eigenvalue weighted by molar-refractivity contribution is 0.173. The van der Waals surface area contributed by atoms with Crippen LogP contribution in [0.3, 0.4) is 0 Å². The van der Waals surface area contributed by atoms with Crippen molar-refractivity contribution in [1.29, 1.82) is 0 Å². The van der Waals surface area contributed by atoms with Crippen molar-refractivity contribution in [3.05, 3.63) is 5.82 Å². The molecule has 0 radical (unpaired) electrons. The van der Waals surface area contributed by atoms with Crippen molar-refractivity contribution in [2.24, 2.45) is 0 Å². The molecule has 8 heteroatoms. The van der Waals surface area contributed by atoms with E-state index in [0.29, 0.717) is 12.4 Å². The van der Waals surface area contributed by atoms with Crippen molar-refractivity contribution in [3.63, 3.8) is 0 Å².